The first-order valence-electron chi connectivity index (χ1n) is 6.32. The van der Waals surface area contributed by atoms with Crippen molar-refractivity contribution in [3.05, 3.63) is 22.8 Å². The lowest BCUT2D eigenvalue weighted by Gasteiger charge is -2.25. The van der Waals surface area contributed by atoms with Gasteiger partial charge in [0.15, 0.2) is 0 Å². The van der Waals surface area contributed by atoms with Crippen molar-refractivity contribution in [2.24, 2.45) is 5.73 Å². The number of aromatic nitrogens is 1. The molecule has 18 heavy (non-hydrogen) atoms. The highest BCUT2D eigenvalue weighted by Gasteiger charge is 2.09. The maximum Gasteiger partial charge on any atom is 0.128 e. The Labute approximate surface area is 115 Å². The van der Waals surface area contributed by atoms with Crippen LogP contribution in [0.5, 0.6) is 0 Å². The molecule has 0 saturated carbocycles. The molecule has 0 aliphatic rings. The monoisotopic (exact) mass is 270 g/mol. The highest BCUT2D eigenvalue weighted by atomic mass is 35.5. The van der Waals surface area contributed by atoms with Gasteiger partial charge in [0.2, 0.25) is 0 Å². The Morgan fingerprint density at radius 2 is 2.00 bits per heavy atom. The van der Waals surface area contributed by atoms with Crippen LogP contribution >= 0.6 is 11.6 Å². The summed E-state index contributed by atoms with van der Waals surface area (Å²) in [4.78, 5) is 8.85. The maximum absolute atomic E-state index is 6.04. The van der Waals surface area contributed by atoms with Crippen LogP contribution in [0.4, 0.5) is 5.82 Å². The van der Waals surface area contributed by atoms with Crippen molar-refractivity contribution in [2.75, 3.05) is 38.6 Å². The zero-order valence-electron chi connectivity index (χ0n) is 11.5. The fourth-order valence-electron chi connectivity index (χ4n) is 1.73. The normalized spacial score (nSPS) is 11.0. The minimum absolute atomic E-state index is 0.446. The molecule has 0 aliphatic carbocycles. The summed E-state index contributed by atoms with van der Waals surface area (Å²) in [6.45, 7) is 5.57. The minimum Gasteiger partial charge on any atom is -0.355 e. The van der Waals surface area contributed by atoms with Crippen molar-refractivity contribution in [3.63, 3.8) is 0 Å². The first-order chi connectivity index (χ1) is 8.58. The second kappa shape index (κ2) is 7.56. The highest BCUT2D eigenvalue weighted by molar-refractivity contribution is 6.31. The molecule has 5 heteroatoms. The van der Waals surface area contributed by atoms with Crippen LogP contribution < -0.4 is 10.6 Å². The van der Waals surface area contributed by atoms with Gasteiger partial charge in [-0.2, -0.15) is 0 Å². The van der Waals surface area contributed by atoms with Crippen LogP contribution in [0.15, 0.2) is 12.3 Å². The molecule has 0 aliphatic heterocycles. The molecular weight excluding hydrogens is 248 g/mol. The zero-order valence-corrected chi connectivity index (χ0v) is 12.2. The van der Waals surface area contributed by atoms with Crippen molar-refractivity contribution in [1.82, 2.24) is 9.88 Å². The average molecular weight is 271 g/mol. The lowest BCUT2D eigenvalue weighted by atomic mass is 10.2. The van der Waals surface area contributed by atoms with Crippen LogP contribution in [0.3, 0.4) is 0 Å². The predicted molar refractivity (Wildman–Crippen MR) is 78.2 cm³/mol. The number of nitrogens with two attached hydrogens (primary N) is 1. The molecule has 0 atom stereocenters. The number of halogens is 1. The third kappa shape index (κ3) is 4.44. The number of likely N-dealkylation sites (N-methyl/N-ethyl adjacent to an activating group) is 1. The molecule has 1 heterocycles. The van der Waals surface area contributed by atoms with Crippen molar-refractivity contribution in [1.29, 1.82) is 0 Å². The van der Waals surface area contributed by atoms with E-state index in [2.05, 4.69) is 35.8 Å². The molecule has 0 saturated heterocycles. The van der Waals surface area contributed by atoms with E-state index in [1.54, 1.807) is 6.20 Å². The van der Waals surface area contributed by atoms with Gasteiger partial charge in [0.25, 0.3) is 0 Å². The summed E-state index contributed by atoms with van der Waals surface area (Å²) in [5, 5.41) is 0.644. The molecule has 1 aromatic rings. The lowest BCUT2D eigenvalue weighted by Crippen LogP contribution is -2.33. The van der Waals surface area contributed by atoms with Crippen molar-refractivity contribution in [2.45, 2.75) is 19.9 Å². The van der Waals surface area contributed by atoms with Gasteiger partial charge >= 0.3 is 0 Å². The van der Waals surface area contributed by atoms with Crippen LogP contribution in [0.25, 0.3) is 0 Å². The Morgan fingerprint density at radius 1 is 1.28 bits per heavy atom. The van der Waals surface area contributed by atoms with Gasteiger partial charge in [-0.05, 0) is 32.1 Å². The average Bonchev–Trinajstić information content (AvgIpc) is 2.35. The van der Waals surface area contributed by atoms with Gasteiger partial charge in [-0.15, -0.1) is 0 Å². The smallest absolute Gasteiger partial charge is 0.128 e. The molecular formula is C13H23ClN4. The van der Waals surface area contributed by atoms with Gasteiger partial charge in [-0.25, -0.2) is 4.98 Å². The summed E-state index contributed by atoms with van der Waals surface area (Å²) in [6, 6.07) is 1.99. The van der Waals surface area contributed by atoms with Crippen LogP contribution in [0, 0.1) is 0 Å². The Morgan fingerprint density at radius 3 is 2.56 bits per heavy atom. The van der Waals surface area contributed by atoms with Crippen molar-refractivity contribution in [3.8, 4) is 0 Å². The Bertz CT molecular complexity index is 368. The summed E-state index contributed by atoms with van der Waals surface area (Å²) in [7, 11) is 4.15. The van der Waals surface area contributed by atoms with E-state index in [0.717, 1.165) is 37.4 Å². The number of hydrogen-bond donors (Lipinski definition) is 1. The SMILES string of the molecule is CCCN(CCN(C)C)c1cc(CN)c(Cl)cn1. The summed E-state index contributed by atoms with van der Waals surface area (Å²) < 4.78 is 0. The molecule has 0 amide bonds. The van der Waals surface area contributed by atoms with E-state index in [9.17, 15) is 0 Å². The quantitative estimate of drug-likeness (QED) is 0.823. The molecule has 0 spiro atoms. The second-order valence-corrected chi connectivity index (χ2v) is 5.04. The van der Waals surface area contributed by atoms with Crippen LogP contribution in [-0.2, 0) is 6.54 Å². The van der Waals surface area contributed by atoms with Gasteiger partial charge < -0.3 is 15.5 Å². The molecule has 102 valence electrons. The first-order valence-corrected chi connectivity index (χ1v) is 6.70. The number of anilines is 1. The number of hydrogen-bond acceptors (Lipinski definition) is 4. The van der Waals surface area contributed by atoms with Gasteiger partial charge in [0.1, 0.15) is 5.82 Å². The fourth-order valence-corrected chi connectivity index (χ4v) is 1.91. The van der Waals surface area contributed by atoms with E-state index in [0.29, 0.717) is 11.6 Å². The van der Waals surface area contributed by atoms with Crippen LogP contribution in [0.2, 0.25) is 5.02 Å². The van der Waals surface area contributed by atoms with E-state index in [-0.39, 0.29) is 0 Å². The first kappa shape index (κ1) is 15.2. The second-order valence-electron chi connectivity index (χ2n) is 4.63. The molecule has 0 unspecified atom stereocenters. The highest BCUT2D eigenvalue weighted by Crippen LogP contribution is 2.20. The Balaban J connectivity index is 2.83. The van der Waals surface area contributed by atoms with Gasteiger partial charge in [0, 0.05) is 32.4 Å². The predicted octanol–water partition coefficient (Wildman–Crippen LogP) is 1.97. The third-order valence-corrected chi connectivity index (χ3v) is 3.12. The molecule has 1 rings (SSSR count). The summed E-state index contributed by atoms with van der Waals surface area (Å²) in [5.74, 6) is 0.962. The number of pyridine rings is 1. The third-order valence-electron chi connectivity index (χ3n) is 2.77. The number of rotatable bonds is 7. The summed E-state index contributed by atoms with van der Waals surface area (Å²) in [5.41, 5.74) is 6.63. The van der Waals surface area contributed by atoms with Crippen molar-refractivity contribution >= 4 is 17.4 Å². The standard InChI is InChI=1S/C13H23ClN4/c1-4-5-18(7-6-17(2)3)13-8-11(9-15)12(14)10-16-13/h8,10H,4-7,9,15H2,1-3H3. The Kier molecular flexibility index (Phi) is 6.39. The zero-order chi connectivity index (χ0) is 13.5. The molecule has 4 nitrogen and oxygen atoms in total. The minimum atomic E-state index is 0.446. The van der Waals surface area contributed by atoms with Crippen LogP contribution in [-0.4, -0.2) is 43.6 Å². The molecule has 0 fully saturated rings. The number of nitrogens with zero attached hydrogens (tertiary/aromatic N) is 3. The maximum atomic E-state index is 6.04. The van der Waals surface area contributed by atoms with E-state index in [1.807, 2.05) is 6.07 Å². The largest absolute Gasteiger partial charge is 0.355 e. The molecule has 0 bridgehead atoms. The summed E-state index contributed by atoms with van der Waals surface area (Å²) in [6.07, 6.45) is 2.78. The van der Waals surface area contributed by atoms with E-state index < -0.39 is 0 Å². The van der Waals surface area contributed by atoms with Crippen molar-refractivity contribution < 1.29 is 0 Å². The fraction of sp³-hybridized carbons (Fsp3) is 0.615. The Hall–Kier alpha value is -0.840. The lowest BCUT2D eigenvalue weighted by molar-refractivity contribution is 0.412. The van der Waals surface area contributed by atoms with Gasteiger partial charge in [-0.3, -0.25) is 0 Å². The molecule has 0 aromatic carbocycles. The van der Waals surface area contributed by atoms with E-state index in [4.69, 9.17) is 17.3 Å². The molecule has 1 aromatic heterocycles. The van der Waals surface area contributed by atoms with Crippen LogP contribution in [0.1, 0.15) is 18.9 Å². The van der Waals surface area contributed by atoms with E-state index >= 15 is 0 Å². The molecule has 2 N–H and O–H groups in total. The topological polar surface area (TPSA) is 45.4 Å². The molecule has 0 radical (unpaired) electrons. The van der Waals surface area contributed by atoms with E-state index in [1.165, 1.54) is 0 Å². The summed E-state index contributed by atoms with van der Waals surface area (Å²) >= 11 is 6.04. The van der Waals surface area contributed by atoms with Gasteiger partial charge in [0.05, 0.1) is 5.02 Å². The van der Waals surface area contributed by atoms with Gasteiger partial charge in [-0.1, -0.05) is 18.5 Å².